The Kier molecular flexibility index (Phi) is 12.0. The normalized spacial score (nSPS) is 17.4. The van der Waals surface area contributed by atoms with Crippen molar-refractivity contribution in [3.05, 3.63) is 77.6 Å². The number of rotatable bonds is 13. The number of piperidine rings is 1. The number of unbranched alkanes of at least 4 members (excludes halogenated alkanes) is 1. The molecule has 0 saturated carbocycles. The van der Waals surface area contributed by atoms with Gasteiger partial charge in [-0.05, 0) is 85.2 Å². The lowest BCUT2D eigenvalue weighted by atomic mass is 9.95. The topological polar surface area (TPSA) is 166 Å². The largest absolute Gasteiger partial charge is 0.451 e. The molecule has 0 bridgehead atoms. The van der Waals surface area contributed by atoms with E-state index in [1.165, 1.54) is 11.0 Å². The molecule has 3 aliphatic rings. The van der Waals surface area contributed by atoms with Gasteiger partial charge < -0.3 is 29.3 Å². The number of aromatic nitrogens is 3. The summed E-state index contributed by atoms with van der Waals surface area (Å²) in [6, 6.07) is 10.0. The Morgan fingerprint density at radius 2 is 1.79 bits per heavy atom. The molecule has 5 heterocycles. The third kappa shape index (κ3) is 9.33. The second-order valence-electron chi connectivity index (χ2n) is 15.0. The van der Waals surface area contributed by atoms with Crippen LogP contribution in [-0.4, -0.2) is 119 Å². The minimum absolute atomic E-state index is 0.0491. The van der Waals surface area contributed by atoms with Gasteiger partial charge in [0.1, 0.15) is 17.4 Å². The summed E-state index contributed by atoms with van der Waals surface area (Å²) in [7, 11) is 3.36. The number of hydrogen-bond acceptors (Lipinski definition) is 10. The summed E-state index contributed by atoms with van der Waals surface area (Å²) in [5.41, 5.74) is 4.50. The second kappa shape index (κ2) is 17.4. The summed E-state index contributed by atoms with van der Waals surface area (Å²) >= 11 is 0. The zero-order chi connectivity index (χ0) is 40.1. The summed E-state index contributed by atoms with van der Waals surface area (Å²) in [6.07, 6.45) is 9.52. The molecule has 300 valence electrons. The van der Waals surface area contributed by atoms with Gasteiger partial charge in [-0.2, -0.15) is 0 Å². The fourth-order valence-corrected chi connectivity index (χ4v) is 7.64. The van der Waals surface area contributed by atoms with Crippen LogP contribution in [0.5, 0.6) is 0 Å². The Labute approximate surface area is 329 Å². The lowest BCUT2D eigenvalue weighted by molar-refractivity contribution is -0.134. The molecule has 1 unspecified atom stereocenters. The number of nitrogens with zero attached hydrogens (tertiary/aromatic N) is 7. The zero-order valence-corrected chi connectivity index (χ0v) is 32.3. The maximum Gasteiger partial charge on any atom is 0.289 e. The molecule has 57 heavy (non-hydrogen) atoms. The number of furan rings is 1. The lowest BCUT2D eigenvalue weighted by Crippen LogP contribution is -2.49. The molecule has 2 aromatic carbocycles. The van der Waals surface area contributed by atoms with Crippen molar-refractivity contribution in [2.75, 3.05) is 63.6 Å². The van der Waals surface area contributed by atoms with Crippen LogP contribution in [0.4, 0.5) is 15.8 Å². The maximum absolute atomic E-state index is 15.2. The van der Waals surface area contributed by atoms with Crippen molar-refractivity contribution in [2.24, 2.45) is 0 Å². The molecule has 0 aliphatic carbocycles. The molecule has 1 atom stereocenters. The third-order valence-electron chi connectivity index (χ3n) is 10.8. The predicted molar refractivity (Wildman–Crippen MR) is 211 cm³/mol. The fraction of sp³-hybridized carbons (Fsp3) is 0.439. The van der Waals surface area contributed by atoms with Crippen molar-refractivity contribution < 1.29 is 32.8 Å². The lowest BCUT2D eigenvalue weighted by Gasteiger charge is -2.36. The van der Waals surface area contributed by atoms with E-state index < -0.39 is 17.8 Å². The van der Waals surface area contributed by atoms with E-state index in [9.17, 15) is 24.0 Å². The van der Waals surface area contributed by atoms with E-state index in [1.807, 2.05) is 20.8 Å². The number of piperazine rings is 1. The monoisotopic (exact) mass is 781 g/mol. The molecule has 15 nitrogen and oxygen atoms in total. The fourth-order valence-electron chi connectivity index (χ4n) is 7.64. The summed E-state index contributed by atoms with van der Waals surface area (Å²) in [5.74, 6) is -1.03. The van der Waals surface area contributed by atoms with Crippen LogP contribution in [0, 0.1) is 5.82 Å². The van der Waals surface area contributed by atoms with Crippen molar-refractivity contribution in [3.63, 3.8) is 0 Å². The van der Waals surface area contributed by atoms with Gasteiger partial charge >= 0.3 is 0 Å². The molecular formula is C41H48FN9O6. The van der Waals surface area contributed by atoms with Gasteiger partial charge in [-0.25, -0.2) is 4.39 Å². The molecule has 2 saturated heterocycles. The van der Waals surface area contributed by atoms with Crippen LogP contribution < -0.4 is 15.5 Å². The van der Waals surface area contributed by atoms with E-state index in [1.54, 1.807) is 49.4 Å². The Balaban J connectivity index is 0.936. The molecule has 0 spiro atoms. The molecule has 2 fully saturated rings. The highest BCUT2D eigenvalue weighted by Gasteiger charge is 2.28. The number of hydrogen-bond donors (Lipinski definition) is 2. The highest BCUT2D eigenvalue weighted by molar-refractivity contribution is 6.01. The van der Waals surface area contributed by atoms with Crippen LogP contribution in [0.25, 0.3) is 16.5 Å². The van der Waals surface area contributed by atoms with Gasteiger partial charge in [-0.1, -0.05) is 11.3 Å². The summed E-state index contributed by atoms with van der Waals surface area (Å²) in [6.45, 7) is 3.50. The average molecular weight is 782 g/mol. The number of halogens is 1. The van der Waals surface area contributed by atoms with E-state index in [0.29, 0.717) is 94.9 Å². The van der Waals surface area contributed by atoms with Gasteiger partial charge in [0.25, 0.3) is 5.91 Å². The zero-order valence-electron chi connectivity index (χ0n) is 32.3. The predicted octanol–water partition coefficient (Wildman–Crippen LogP) is 3.85. The van der Waals surface area contributed by atoms with Crippen LogP contribution in [0.15, 0.2) is 59.3 Å². The van der Waals surface area contributed by atoms with Crippen molar-refractivity contribution in [2.45, 2.75) is 64.0 Å². The van der Waals surface area contributed by atoms with Crippen molar-refractivity contribution >= 4 is 57.5 Å². The maximum atomic E-state index is 15.2. The number of aryl methyl sites for hydroxylation is 2. The highest BCUT2D eigenvalue weighted by atomic mass is 19.1. The van der Waals surface area contributed by atoms with Crippen LogP contribution in [0.1, 0.15) is 66.6 Å². The smallest absolute Gasteiger partial charge is 0.289 e. The number of nitrogens with one attached hydrogen (secondary N) is 2. The van der Waals surface area contributed by atoms with E-state index in [0.717, 1.165) is 34.9 Å². The molecule has 7 rings (SSSR count). The number of anilines is 2. The number of carbonyl (C=O) groups excluding carboxylic acids is 5. The van der Waals surface area contributed by atoms with Crippen LogP contribution in [-0.2, 0) is 32.1 Å². The van der Waals surface area contributed by atoms with E-state index >= 15 is 4.39 Å². The minimum Gasteiger partial charge on any atom is -0.451 e. The Bertz CT molecular complexity index is 2170. The summed E-state index contributed by atoms with van der Waals surface area (Å²) < 4.78 is 23.0. The van der Waals surface area contributed by atoms with Gasteiger partial charge in [0.2, 0.25) is 23.6 Å². The van der Waals surface area contributed by atoms with E-state index in [4.69, 9.17) is 4.42 Å². The van der Waals surface area contributed by atoms with E-state index in [-0.39, 0.29) is 35.8 Å². The molecule has 0 radical (unpaired) electrons. The average Bonchev–Trinajstić information content (AvgIpc) is 3.90. The van der Waals surface area contributed by atoms with Crippen LogP contribution in [0.2, 0.25) is 0 Å². The molecule has 16 heteroatoms. The molecular weight excluding hydrogens is 734 g/mol. The van der Waals surface area contributed by atoms with Gasteiger partial charge in [0.05, 0.1) is 18.4 Å². The molecule has 3 aliphatic heterocycles. The van der Waals surface area contributed by atoms with Gasteiger partial charge in [0.15, 0.2) is 5.76 Å². The van der Waals surface area contributed by atoms with Crippen LogP contribution >= 0.6 is 0 Å². The van der Waals surface area contributed by atoms with Crippen molar-refractivity contribution in [1.82, 2.24) is 35.0 Å². The second-order valence-corrected chi connectivity index (χ2v) is 15.0. The SMILES string of the molecule is CN(C)C(=O)c1cc2cc(C3=CCCN(C(=O)CCn4ccnn4)C3)cc(CCCCC(=O)N3CCN(c4ccc(NC5CCC(=O)NC5=O)cc4F)CC3)c2o1. The molecule has 5 amide bonds. The summed E-state index contributed by atoms with van der Waals surface area (Å²) in [5, 5.41) is 13.9. The first-order valence-corrected chi connectivity index (χ1v) is 19.5. The Morgan fingerprint density at radius 3 is 2.53 bits per heavy atom. The van der Waals surface area contributed by atoms with E-state index in [2.05, 4.69) is 33.1 Å². The number of carbonyl (C=O) groups is 5. The number of benzene rings is 2. The number of imide groups is 1. The quantitative estimate of drug-likeness (QED) is 0.150. The first-order chi connectivity index (χ1) is 27.5. The van der Waals surface area contributed by atoms with Gasteiger partial charge in [0, 0.05) is 89.9 Å². The highest BCUT2D eigenvalue weighted by Crippen LogP contribution is 2.32. The Morgan fingerprint density at radius 1 is 0.982 bits per heavy atom. The van der Waals surface area contributed by atoms with Gasteiger partial charge in [-0.15, -0.1) is 5.10 Å². The molecule has 4 aromatic rings. The molecule has 2 N–H and O–H groups in total. The first kappa shape index (κ1) is 39.2. The summed E-state index contributed by atoms with van der Waals surface area (Å²) in [4.78, 5) is 69.9. The molecule has 2 aromatic heterocycles. The van der Waals surface area contributed by atoms with Crippen molar-refractivity contribution in [3.8, 4) is 0 Å². The number of fused-ring (bicyclic) bond motifs is 1. The first-order valence-electron chi connectivity index (χ1n) is 19.5. The van der Waals surface area contributed by atoms with Gasteiger partial charge in [-0.3, -0.25) is 34.0 Å². The van der Waals surface area contributed by atoms with Crippen molar-refractivity contribution in [1.29, 1.82) is 0 Å². The number of amides is 5. The third-order valence-corrected chi connectivity index (χ3v) is 10.8. The van der Waals surface area contributed by atoms with Crippen LogP contribution in [0.3, 0.4) is 0 Å². The minimum atomic E-state index is -0.600. The standard InChI is InChI=1S/C41H48FN9O6/c1-47(2)41(56)35-24-30-23-29(28-7-5-15-50(26-28)38(54)13-16-51-17-14-43-46-51)22-27(39(30)57-35)6-3-4-8-37(53)49-20-18-48(19-21-49)34-11-9-31(25-32(34)42)44-33-10-12-36(52)45-40(33)55/h7,9,11,14,17,22-25,33,44H,3-6,8,10,12-13,15-16,18-21,26H2,1-2H3,(H,45,52,55). The Hall–Kier alpha value is -6.06.